The smallest absolute Gasteiger partial charge is 0.416 e. The van der Waals surface area contributed by atoms with E-state index in [4.69, 9.17) is 4.74 Å². The molecule has 25 heavy (non-hydrogen) atoms. The van der Waals surface area contributed by atoms with Gasteiger partial charge in [-0.1, -0.05) is 6.07 Å². The SMILES string of the molecule is O=C(NC1CC1)C1CCCN1C(=O)COc1cccc(C(F)(F)F)c1. The van der Waals surface area contributed by atoms with E-state index in [0.717, 1.165) is 31.4 Å². The van der Waals surface area contributed by atoms with Crippen LogP contribution in [0.25, 0.3) is 0 Å². The summed E-state index contributed by atoms with van der Waals surface area (Å²) >= 11 is 0. The van der Waals surface area contributed by atoms with E-state index in [1.165, 1.54) is 17.0 Å². The number of ether oxygens (including phenoxy) is 1. The molecule has 0 aromatic heterocycles. The molecule has 1 aliphatic heterocycles. The predicted octanol–water partition coefficient (Wildman–Crippen LogP) is 2.35. The molecule has 1 N–H and O–H groups in total. The second kappa shape index (κ2) is 6.93. The molecule has 8 heteroatoms. The Morgan fingerprint density at radius 3 is 2.68 bits per heavy atom. The minimum Gasteiger partial charge on any atom is -0.484 e. The first kappa shape index (κ1) is 17.6. The normalized spacial score (nSPS) is 20.4. The maximum atomic E-state index is 12.7. The lowest BCUT2D eigenvalue weighted by Crippen LogP contribution is -2.47. The largest absolute Gasteiger partial charge is 0.484 e. The Labute approximate surface area is 143 Å². The molecule has 5 nitrogen and oxygen atoms in total. The van der Waals surface area contributed by atoms with Crippen molar-refractivity contribution in [3.8, 4) is 5.75 Å². The number of amides is 2. The molecule has 1 heterocycles. The number of hydrogen-bond acceptors (Lipinski definition) is 3. The molecular formula is C17H19F3N2O3. The van der Waals surface area contributed by atoms with E-state index in [2.05, 4.69) is 5.32 Å². The molecule has 0 radical (unpaired) electrons. The van der Waals surface area contributed by atoms with Gasteiger partial charge in [-0.15, -0.1) is 0 Å². The lowest BCUT2D eigenvalue weighted by atomic mass is 10.2. The van der Waals surface area contributed by atoms with Gasteiger partial charge in [0.15, 0.2) is 6.61 Å². The average molecular weight is 356 g/mol. The molecule has 3 rings (SSSR count). The third-order valence-corrected chi connectivity index (χ3v) is 4.32. The highest BCUT2D eigenvalue weighted by atomic mass is 19.4. The van der Waals surface area contributed by atoms with Crippen molar-refractivity contribution < 1.29 is 27.5 Å². The van der Waals surface area contributed by atoms with E-state index < -0.39 is 30.3 Å². The summed E-state index contributed by atoms with van der Waals surface area (Å²) in [6.07, 6.45) is -1.23. The summed E-state index contributed by atoms with van der Waals surface area (Å²) in [5, 5.41) is 2.88. The Morgan fingerprint density at radius 1 is 1.24 bits per heavy atom. The van der Waals surface area contributed by atoms with Crippen LogP contribution in [-0.2, 0) is 15.8 Å². The monoisotopic (exact) mass is 356 g/mol. The third kappa shape index (κ3) is 4.43. The van der Waals surface area contributed by atoms with Gasteiger partial charge >= 0.3 is 6.18 Å². The van der Waals surface area contributed by atoms with Gasteiger partial charge in [-0.2, -0.15) is 13.2 Å². The number of nitrogens with one attached hydrogen (secondary N) is 1. The van der Waals surface area contributed by atoms with Crippen molar-refractivity contribution in [2.45, 2.75) is 43.9 Å². The topological polar surface area (TPSA) is 58.6 Å². The number of rotatable bonds is 5. The minimum absolute atomic E-state index is 0.0265. The lowest BCUT2D eigenvalue weighted by Gasteiger charge is -2.24. The first-order chi connectivity index (χ1) is 11.8. The molecule has 1 aromatic carbocycles. The van der Waals surface area contributed by atoms with Gasteiger partial charge in [0.2, 0.25) is 5.91 Å². The van der Waals surface area contributed by atoms with Gasteiger partial charge in [0.25, 0.3) is 5.91 Å². The molecule has 2 aliphatic rings. The Bertz CT molecular complexity index is 659. The standard InChI is InChI=1S/C17H19F3N2O3/c18-17(19,20)11-3-1-4-13(9-11)25-10-15(23)22-8-2-5-14(22)16(24)21-12-6-7-12/h1,3-4,9,12,14H,2,5-8,10H2,(H,21,24). The van der Waals surface area contributed by atoms with Crippen molar-refractivity contribution in [2.75, 3.05) is 13.2 Å². The summed E-state index contributed by atoms with van der Waals surface area (Å²) < 4.78 is 43.3. The Kier molecular flexibility index (Phi) is 4.87. The van der Waals surface area contributed by atoms with Gasteiger partial charge in [0.05, 0.1) is 5.56 Å². The maximum absolute atomic E-state index is 12.7. The molecule has 1 aromatic rings. The third-order valence-electron chi connectivity index (χ3n) is 4.32. The average Bonchev–Trinajstić information content (AvgIpc) is 3.24. The molecule has 1 atom stereocenters. The summed E-state index contributed by atoms with van der Waals surface area (Å²) in [5.41, 5.74) is -0.833. The zero-order valence-electron chi connectivity index (χ0n) is 13.5. The van der Waals surface area contributed by atoms with Crippen LogP contribution in [0, 0.1) is 0 Å². The van der Waals surface area contributed by atoms with Gasteiger partial charge in [-0.05, 0) is 43.9 Å². The zero-order chi connectivity index (χ0) is 18.0. The molecule has 136 valence electrons. The van der Waals surface area contributed by atoms with Crippen LogP contribution < -0.4 is 10.1 Å². The van der Waals surface area contributed by atoms with E-state index in [1.807, 2.05) is 0 Å². The van der Waals surface area contributed by atoms with E-state index in [9.17, 15) is 22.8 Å². The first-order valence-corrected chi connectivity index (χ1v) is 8.24. The van der Waals surface area contributed by atoms with E-state index >= 15 is 0 Å². The molecule has 0 bridgehead atoms. The van der Waals surface area contributed by atoms with Gasteiger partial charge in [-0.3, -0.25) is 9.59 Å². The van der Waals surface area contributed by atoms with Gasteiger partial charge in [-0.25, -0.2) is 0 Å². The van der Waals surface area contributed by atoms with Crippen molar-refractivity contribution in [2.24, 2.45) is 0 Å². The fourth-order valence-corrected chi connectivity index (χ4v) is 2.85. The number of nitrogens with zero attached hydrogens (tertiary/aromatic N) is 1. The highest BCUT2D eigenvalue weighted by Crippen LogP contribution is 2.31. The maximum Gasteiger partial charge on any atom is 0.416 e. The number of halogens is 3. The van der Waals surface area contributed by atoms with Crippen molar-refractivity contribution in [1.82, 2.24) is 10.2 Å². The van der Waals surface area contributed by atoms with Gasteiger partial charge in [0.1, 0.15) is 11.8 Å². The Hall–Kier alpha value is -2.25. The highest BCUT2D eigenvalue weighted by molar-refractivity contribution is 5.89. The minimum atomic E-state index is -4.47. The van der Waals surface area contributed by atoms with Gasteiger partial charge < -0.3 is 15.0 Å². The predicted molar refractivity (Wildman–Crippen MR) is 82.8 cm³/mol. The highest BCUT2D eigenvalue weighted by Gasteiger charge is 2.36. The van der Waals surface area contributed by atoms with Crippen LogP contribution in [0.5, 0.6) is 5.75 Å². The van der Waals surface area contributed by atoms with Crippen LogP contribution in [0.4, 0.5) is 13.2 Å². The van der Waals surface area contributed by atoms with Crippen LogP contribution in [0.2, 0.25) is 0 Å². The number of carbonyl (C=O) groups excluding carboxylic acids is 2. The van der Waals surface area contributed by atoms with Crippen LogP contribution >= 0.6 is 0 Å². The van der Waals surface area contributed by atoms with Crippen molar-refractivity contribution in [3.63, 3.8) is 0 Å². The Balaban J connectivity index is 1.57. The van der Waals surface area contributed by atoms with Crippen LogP contribution in [0.3, 0.4) is 0 Å². The van der Waals surface area contributed by atoms with E-state index in [1.54, 1.807) is 0 Å². The molecule has 1 unspecified atom stereocenters. The van der Waals surface area contributed by atoms with Crippen molar-refractivity contribution in [1.29, 1.82) is 0 Å². The second-order valence-corrected chi connectivity index (χ2v) is 6.34. The van der Waals surface area contributed by atoms with Crippen LogP contribution in [0.15, 0.2) is 24.3 Å². The summed E-state index contributed by atoms with van der Waals surface area (Å²) in [6.45, 7) is 0.0576. The van der Waals surface area contributed by atoms with E-state index in [0.29, 0.717) is 13.0 Å². The van der Waals surface area contributed by atoms with E-state index in [-0.39, 0.29) is 17.7 Å². The number of benzene rings is 1. The number of hydrogen-bond donors (Lipinski definition) is 1. The zero-order valence-corrected chi connectivity index (χ0v) is 13.5. The molecule has 1 saturated carbocycles. The summed E-state index contributed by atoms with van der Waals surface area (Å²) in [6, 6.07) is 4.08. The fraction of sp³-hybridized carbons (Fsp3) is 0.529. The number of alkyl halides is 3. The molecule has 2 fully saturated rings. The molecule has 1 saturated heterocycles. The van der Waals surface area contributed by atoms with Crippen LogP contribution in [0.1, 0.15) is 31.2 Å². The summed E-state index contributed by atoms with van der Waals surface area (Å²) in [7, 11) is 0. The van der Waals surface area contributed by atoms with Crippen LogP contribution in [-0.4, -0.2) is 41.9 Å². The quantitative estimate of drug-likeness (QED) is 0.881. The second-order valence-electron chi connectivity index (χ2n) is 6.34. The Morgan fingerprint density at radius 2 is 2.00 bits per heavy atom. The number of likely N-dealkylation sites (tertiary alicyclic amines) is 1. The summed E-state index contributed by atoms with van der Waals surface area (Å²) in [5.74, 6) is -0.584. The molecular weight excluding hydrogens is 337 g/mol. The molecule has 1 aliphatic carbocycles. The van der Waals surface area contributed by atoms with Gasteiger partial charge in [0, 0.05) is 12.6 Å². The van der Waals surface area contributed by atoms with Crippen molar-refractivity contribution >= 4 is 11.8 Å². The van der Waals surface area contributed by atoms with Crippen molar-refractivity contribution in [3.05, 3.63) is 29.8 Å². The molecule has 2 amide bonds. The molecule has 0 spiro atoms. The fourth-order valence-electron chi connectivity index (χ4n) is 2.85. The summed E-state index contributed by atoms with van der Waals surface area (Å²) in [4.78, 5) is 25.9. The first-order valence-electron chi connectivity index (χ1n) is 8.24. The lowest BCUT2D eigenvalue weighted by molar-refractivity contribution is -0.140. The number of carbonyl (C=O) groups is 2.